The SMILES string of the molecule is CCNC(=NCc1nnc2ccccn12)NCC(C)c1cccs1.I. The summed E-state index contributed by atoms with van der Waals surface area (Å²) < 4.78 is 1.96. The third-order valence-corrected chi connectivity index (χ3v) is 4.82. The highest BCUT2D eigenvalue weighted by atomic mass is 127. The molecular formula is C17H23IN6S. The molecule has 3 heterocycles. The molecule has 0 aliphatic heterocycles. The monoisotopic (exact) mass is 470 g/mol. The maximum Gasteiger partial charge on any atom is 0.191 e. The summed E-state index contributed by atoms with van der Waals surface area (Å²) >= 11 is 1.79. The van der Waals surface area contributed by atoms with Crippen LogP contribution in [0.15, 0.2) is 46.9 Å². The van der Waals surface area contributed by atoms with Gasteiger partial charge in [-0.25, -0.2) is 4.99 Å². The number of pyridine rings is 1. The summed E-state index contributed by atoms with van der Waals surface area (Å²) in [6.07, 6.45) is 1.96. The second-order valence-corrected chi connectivity index (χ2v) is 6.52. The van der Waals surface area contributed by atoms with Crippen molar-refractivity contribution in [3.8, 4) is 0 Å². The molecule has 8 heteroatoms. The Morgan fingerprint density at radius 3 is 2.88 bits per heavy atom. The fourth-order valence-electron chi connectivity index (χ4n) is 2.41. The Morgan fingerprint density at radius 1 is 1.24 bits per heavy atom. The molecule has 0 aromatic carbocycles. The number of fused-ring (bicyclic) bond motifs is 1. The smallest absolute Gasteiger partial charge is 0.191 e. The number of hydrogen-bond acceptors (Lipinski definition) is 4. The number of aromatic nitrogens is 3. The van der Waals surface area contributed by atoms with Gasteiger partial charge in [0.1, 0.15) is 6.54 Å². The standard InChI is InChI=1S/C17H22N6S.HI/c1-3-18-17(19-11-13(2)14-7-6-10-24-14)20-12-16-22-21-15-8-4-5-9-23(15)16;/h4-10,13H,3,11-12H2,1-2H3,(H2,18,19,20);1H. The van der Waals surface area contributed by atoms with Crippen molar-refractivity contribution in [3.05, 3.63) is 52.6 Å². The minimum atomic E-state index is 0. The lowest BCUT2D eigenvalue weighted by atomic mass is 10.1. The first-order valence-electron chi connectivity index (χ1n) is 8.12. The fraction of sp³-hybridized carbons (Fsp3) is 0.353. The van der Waals surface area contributed by atoms with Gasteiger partial charge in [-0.2, -0.15) is 0 Å². The van der Waals surface area contributed by atoms with Crippen molar-refractivity contribution in [2.75, 3.05) is 13.1 Å². The molecule has 0 aliphatic rings. The Balaban J connectivity index is 0.00000225. The molecular weight excluding hydrogens is 447 g/mol. The Labute approximate surface area is 168 Å². The molecule has 25 heavy (non-hydrogen) atoms. The summed E-state index contributed by atoms with van der Waals surface area (Å²) in [6.45, 7) is 6.42. The lowest BCUT2D eigenvalue weighted by Gasteiger charge is -2.14. The van der Waals surface area contributed by atoms with Gasteiger partial charge in [-0.15, -0.1) is 45.5 Å². The second-order valence-electron chi connectivity index (χ2n) is 5.54. The number of thiophene rings is 1. The zero-order valence-corrected chi connectivity index (χ0v) is 17.5. The van der Waals surface area contributed by atoms with Crippen molar-refractivity contribution in [2.24, 2.45) is 4.99 Å². The van der Waals surface area contributed by atoms with Crippen LogP contribution >= 0.6 is 35.3 Å². The Hall–Kier alpha value is -1.68. The van der Waals surface area contributed by atoms with Gasteiger partial charge in [0.2, 0.25) is 0 Å². The third kappa shape index (κ3) is 5.15. The van der Waals surface area contributed by atoms with Gasteiger partial charge in [0, 0.05) is 30.1 Å². The van der Waals surface area contributed by atoms with E-state index in [1.807, 2.05) is 28.8 Å². The van der Waals surface area contributed by atoms with Gasteiger partial charge in [-0.05, 0) is 30.5 Å². The Kier molecular flexibility index (Phi) is 7.63. The molecule has 0 saturated heterocycles. The maximum atomic E-state index is 4.63. The molecule has 0 fully saturated rings. The van der Waals surface area contributed by atoms with Crippen molar-refractivity contribution in [2.45, 2.75) is 26.3 Å². The van der Waals surface area contributed by atoms with Crippen molar-refractivity contribution in [1.82, 2.24) is 25.2 Å². The maximum absolute atomic E-state index is 4.63. The van der Waals surface area contributed by atoms with Crippen molar-refractivity contribution < 1.29 is 0 Å². The van der Waals surface area contributed by atoms with E-state index in [0.29, 0.717) is 12.5 Å². The van der Waals surface area contributed by atoms with E-state index in [0.717, 1.165) is 30.5 Å². The van der Waals surface area contributed by atoms with Crippen LogP contribution in [0.4, 0.5) is 0 Å². The Morgan fingerprint density at radius 2 is 2.12 bits per heavy atom. The van der Waals surface area contributed by atoms with Gasteiger partial charge in [0.15, 0.2) is 17.4 Å². The number of rotatable bonds is 6. The fourth-order valence-corrected chi connectivity index (χ4v) is 3.20. The van der Waals surface area contributed by atoms with Gasteiger partial charge < -0.3 is 10.6 Å². The van der Waals surface area contributed by atoms with Crippen molar-refractivity contribution in [3.63, 3.8) is 0 Å². The average Bonchev–Trinajstić information content (AvgIpc) is 3.27. The predicted molar refractivity (Wildman–Crippen MR) is 114 cm³/mol. The number of nitrogens with zero attached hydrogens (tertiary/aromatic N) is 4. The lowest BCUT2D eigenvalue weighted by Crippen LogP contribution is -2.39. The van der Waals surface area contributed by atoms with Crippen molar-refractivity contribution in [1.29, 1.82) is 0 Å². The van der Waals surface area contributed by atoms with E-state index in [1.165, 1.54) is 4.88 Å². The van der Waals surface area contributed by atoms with Gasteiger partial charge in [-0.3, -0.25) is 4.40 Å². The van der Waals surface area contributed by atoms with Crippen LogP contribution in [0, 0.1) is 0 Å². The normalized spacial score (nSPS) is 12.6. The van der Waals surface area contributed by atoms with Crippen molar-refractivity contribution >= 4 is 46.9 Å². The van der Waals surface area contributed by atoms with E-state index in [-0.39, 0.29) is 24.0 Å². The van der Waals surface area contributed by atoms with Crippen LogP contribution in [0.3, 0.4) is 0 Å². The lowest BCUT2D eigenvalue weighted by molar-refractivity contribution is 0.707. The summed E-state index contributed by atoms with van der Waals surface area (Å²) in [6, 6.07) is 10.1. The molecule has 0 aliphatic carbocycles. The molecule has 0 spiro atoms. The first-order valence-corrected chi connectivity index (χ1v) is 9.00. The molecule has 3 rings (SSSR count). The van der Waals surface area contributed by atoms with Crippen LogP contribution in [0.25, 0.3) is 5.65 Å². The van der Waals surface area contributed by atoms with E-state index in [4.69, 9.17) is 0 Å². The Bertz CT molecular complexity index is 798. The van der Waals surface area contributed by atoms with Crippen LogP contribution in [0.5, 0.6) is 0 Å². The third-order valence-electron chi connectivity index (χ3n) is 3.71. The quantitative estimate of drug-likeness (QED) is 0.330. The van der Waals surface area contributed by atoms with Crippen LogP contribution in [-0.2, 0) is 6.54 Å². The molecule has 3 aromatic heterocycles. The molecule has 0 radical (unpaired) electrons. The van der Waals surface area contributed by atoms with Crippen LogP contribution in [0.1, 0.15) is 30.5 Å². The second kappa shape index (κ2) is 9.71. The number of nitrogens with one attached hydrogen (secondary N) is 2. The topological polar surface area (TPSA) is 66.6 Å². The first-order chi connectivity index (χ1) is 11.8. The number of hydrogen-bond donors (Lipinski definition) is 2. The molecule has 1 unspecified atom stereocenters. The highest BCUT2D eigenvalue weighted by molar-refractivity contribution is 14.0. The predicted octanol–water partition coefficient (Wildman–Crippen LogP) is 3.27. The summed E-state index contributed by atoms with van der Waals surface area (Å²) in [5.41, 5.74) is 0.840. The number of aliphatic imine (C=N–C) groups is 1. The molecule has 1 atom stereocenters. The molecule has 6 nitrogen and oxygen atoms in total. The van der Waals surface area contributed by atoms with E-state index in [9.17, 15) is 0 Å². The minimum absolute atomic E-state index is 0. The average molecular weight is 470 g/mol. The van der Waals surface area contributed by atoms with Crippen LogP contribution < -0.4 is 10.6 Å². The van der Waals surface area contributed by atoms with Gasteiger partial charge >= 0.3 is 0 Å². The highest BCUT2D eigenvalue weighted by Gasteiger charge is 2.08. The summed E-state index contributed by atoms with van der Waals surface area (Å²) in [5.74, 6) is 2.07. The largest absolute Gasteiger partial charge is 0.357 e. The van der Waals surface area contributed by atoms with Gasteiger partial charge in [0.25, 0.3) is 0 Å². The van der Waals surface area contributed by atoms with E-state index >= 15 is 0 Å². The molecule has 2 N–H and O–H groups in total. The summed E-state index contributed by atoms with van der Waals surface area (Å²) in [5, 5.41) is 17.2. The zero-order valence-electron chi connectivity index (χ0n) is 14.3. The molecule has 3 aromatic rings. The van der Waals surface area contributed by atoms with E-state index in [1.54, 1.807) is 11.3 Å². The summed E-state index contributed by atoms with van der Waals surface area (Å²) in [7, 11) is 0. The number of guanidine groups is 1. The molecule has 134 valence electrons. The molecule has 0 bridgehead atoms. The minimum Gasteiger partial charge on any atom is -0.357 e. The van der Waals surface area contributed by atoms with Gasteiger partial charge in [-0.1, -0.05) is 19.1 Å². The first kappa shape index (κ1) is 19.6. The van der Waals surface area contributed by atoms with Gasteiger partial charge in [0.05, 0.1) is 0 Å². The van der Waals surface area contributed by atoms with Crippen LogP contribution in [0.2, 0.25) is 0 Å². The highest BCUT2D eigenvalue weighted by Crippen LogP contribution is 2.19. The van der Waals surface area contributed by atoms with E-state index in [2.05, 4.69) is 57.2 Å². The zero-order chi connectivity index (χ0) is 16.8. The molecule has 0 saturated carbocycles. The summed E-state index contributed by atoms with van der Waals surface area (Å²) in [4.78, 5) is 6.01. The van der Waals surface area contributed by atoms with E-state index < -0.39 is 0 Å². The number of halogens is 1. The van der Waals surface area contributed by atoms with Crippen LogP contribution in [-0.4, -0.2) is 33.6 Å². The molecule has 0 amide bonds.